The van der Waals surface area contributed by atoms with Gasteiger partial charge in [-0.2, -0.15) is 0 Å². The van der Waals surface area contributed by atoms with Crippen LogP contribution in [0.4, 0.5) is 4.79 Å². The highest BCUT2D eigenvalue weighted by Crippen LogP contribution is 2.59. The molecule has 1 aromatic rings. The predicted octanol–water partition coefficient (Wildman–Crippen LogP) is 5.34. The number of benzene rings is 1. The zero-order chi connectivity index (χ0) is 26.7. The molecule has 1 saturated carbocycles. The van der Waals surface area contributed by atoms with E-state index >= 15 is 0 Å². The van der Waals surface area contributed by atoms with Gasteiger partial charge in [-0.05, 0) is 65.7 Å². The van der Waals surface area contributed by atoms with E-state index in [1.54, 1.807) is 10.5 Å². The molecule has 4 bridgehead atoms. The van der Waals surface area contributed by atoms with Crippen molar-refractivity contribution < 1.29 is 14.3 Å². The van der Waals surface area contributed by atoms with Gasteiger partial charge in [-0.3, -0.25) is 14.6 Å². The maximum absolute atomic E-state index is 13.9. The zero-order valence-electron chi connectivity index (χ0n) is 23.7. The van der Waals surface area contributed by atoms with E-state index < -0.39 is 6.04 Å². The van der Waals surface area contributed by atoms with Crippen LogP contribution in [0.3, 0.4) is 0 Å². The summed E-state index contributed by atoms with van der Waals surface area (Å²) in [5, 5.41) is 0. The lowest BCUT2D eigenvalue weighted by atomic mass is 9.49. The van der Waals surface area contributed by atoms with E-state index in [0.29, 0.717) is 12.0 Å². The Labute approximate surface area is 228 Å². The summed E-state index contributed by atoms with van der Waals surface area (Å²) in [6.45, 7) is 15.2. The molecule has 3 heterocycles. The van der Waals surface area contributed by atoms with Crippen molar-refractivity contribution in [3.8, 4) is 0 Å². The van der Waals surface area contributed by atoms with E-state index in [2.05, 4.69) is 43.6 Å². The standard InChI is InChI=1S/C32H45N3O3/c1-30(2)25-13-12-24(26(30)15-25)16-33-19-31(3)18-32(4,20-33)22-34(21-31)28(36)27-11-8-14-35(27)29(37)38-17-23-9-6-5-7-10-23/h5-7,9-10,12,25-27H,8,11,13-22H2,1-4H3/t25-,26-,27+,31?,32?/m1/s1. The van der Waals surface area contributed by atoms with Crippen LogP contribution in [0.5, 0.6) is 0 Å². The van der Waals surface area contributed by atoms with Gasteiger partial charge in [0.2, 0.25) is 5.91 Å². The summed E-state index contributed by atoms with van der Waals surface area (Å²) in [6, 6.07) is 9.33. The van der Waals surface area contributed by atoms with Gasteiger partial charge in [-0.25, -0.2) is 4.79 Å². The highest BCUT2D eigenvalue weighted by atomic mass is 16.6. The van der Waals surface area contributed by atoms with Gasteiger partial charge in [-0.1, -0.05) is 69.7 Å². The van der Waals surface area contributed by atoms with Gasteiger partial charge in [-0.15, -0.1) is 0 Å². The van der Waals surface area contributed by atoms with Gasteiger partial charge in [0, 0.05) is 39.3 Å². The van der Waals surface area contributed by atoms with Crippen molar-refractivity contribution in [2.75, 3.05) is 39.3 Å². The topological polar surface area (TPSA) is 53.1 Å². The second-order valence-electron chi connectivity index (χ2n) is 14.4. The molecule has 38 heavy (non-hydrogen) atoms. The third-order valence-electron chi connectivity index (χ3n) is 10.5. The quantitative estimate of drug-likeness (QED) is 0.493. The maximum atomic E-state index is 13.9. The van der Waals surface area contributed by atoms with Crippen LogP contribution < -0.4 is 0 Å². The lowest BCUT2D eigenvalue weighted by Gasteiger charge is -2.59. The molecular formula is C32H45N3O3. The smallest absolute Gasteiger partial charge is 0.410 e. The molecule has 7 rings (SSSR count). The first-order chi connectivity index (χ1) is 18.1. The minimum atomic E-state index is -0.401. The Balaban J connectivity index is 1.09. The third-order valence-corrected chi connectivity index (χ3v) is 10.5. The Morgan fingerprint density at radius 2 is 1.71 bits per heavy atom. The molecule has 3 saturated heterocycles. The van der Waals surface area contributed by atoms with Crippen LogP contribution in [0, 0.1) is 28.1 Å². The lowest BCUT2D eigenvalue weighted by Crippen LogP contribution is -2.65. The van der Waals surface area contributed by atoms with E-state index in [4.69, 9.17) is 4.74 Å². The van der Waals surface area contributed by atoms with Gasteiger partial charge in [0.05, 0.1) is 0 Å². The minimum Gasteiger partial charge on any atom is -0.445 e. The zero-order valence-corrected chi connectivity index (χ0v) is 23.7. The van der Waals surface area contributed by atoms with Gasteiger partial charge in [0.25, 0.3) is 0 Å². The summed E-state index contributed by atoms with van der Waals surface area (Å²) in [5.74, 6) is 1.73. The molecule has 1 aromatic carbocycles. The Kier molecular flexibility index (Phi) is 6.40. The van der Waals surface area contributed by atoms with Crippen molar-refractivity contribution in [1.82, 2.24) is 14.7 Å². The number of carbonyl (C=O) groups excluding carboxylic acids is 2. The number of ether oxygens (including phenoxy) is 1. The summed E-state index contributed by atoms with van der Waals surface area (Å²) in [6.07, 6.45) is 7.52. The van der Waals surface area contributed by atoms with E-state index in [9.17, 15) is 9.59 Å². The second kappa shape index (κ2) is 9.39. The van der Waals surface area contributed by atoms with Crippen LogP contribution in [0.25, 0.3) is 0 Å². The number of amides is 2. The van der Waals surface area contributed by atoms with Crippen molar-refractivity contribution in [2.24, 2.45) is 28.1 Å². The normalized spacial score (nSPS) is 35.9. The summed E-state index contributed by atoms with van der Waals surface area (Å²) in [5.41, 5.74) is 3.23. The molecule has 5 atom stereocenters. The number of hydrogen-bond acceptors (Lipinski definition) is 4. The van der Waals surface area contributed by atoms with E-state index in [1.165, 1.54) is 12.8 Å². The van der Waals surface area contributed by atoms with Crippen LogP contribution in [0.1, 0.15) is 65.4 Å². The number of rotatable bonds is 5. The molecule has 3 aliphatic carbocycles. The lowest BCUT2D eigenvalue weighted by molar-refractivity contribution is -0.149. The van der Waals surface area contributed by atoms with E-state index in [0.717, 1.165) is 69.4 Å². The monoisotopic (exact) mass is 519 g/mol. The molecule has 0 N–H and O–H groups in total. The number of hydrogen-bond donors (Lipinski definition) is 0. The van der Waals surface area contributed by atoms with Crippen molar-refractivity contribution in [3.63, 3.8) is 0 Å². The Morgan fingerprint density at radius 3 is 2.37 bits per heavy atom. The first kappa shape index (κ1) is 25.9. The molecule has 6 aliphatic rings. The average molecular weight is 520 g/mol. The number of allylic oxidation sites excluding steroid dienone is 1. The maximum Gasteiger partial charge on any atom is 0.410 e. The fraction of sp³-hybridized carbons (Fsp3) is 0.688. The van der Waals surface area contributed by atoms with Gasteiger partial charge >= 0.3 is 6.09 Å². The first-order valence-electron chi connectivity index (χ1n) is 14.7. The van der Waals surface area contributed by atoms with Crippen molar-refractivity contribution in [2.45, 2.75) is 72.4 Å². The molecule has 6 heteroatoms. The molecule has 2 amide bonds. The van der Waals surface area contributed by atoms with Gasteiger partial charge in [0.1, 0.15) is 12.6 Å². The average Bonchev–Trinajstić information content (AvgIpc) is 3.36. The molecular weight excluding hydrogens is 474 g/mol. The van der Waals surface area contributed by atoms with Crippen LogP contribution in [-0.2, 0) is 16.1 Å². The third kappa shape index (κ3) is 4.67. The number of likely N-dealkylation sites (tertiary alicyclic amines) is 3. The molecule has 3 aliphatic heterocycles. The Morgan fingerprint density at radius 1 is 1.00 bits per heavy atom. The summed E-state index contributed by atoms with van der Waals surface area (Å²) in [4.78, 5) is 33.3. The largest absolute Gasteiger partial charge is 0.445 e. The second-order valence-corrected chi connectivity index (χ2v) is 14.4. The number of nitrogens with zero attached hydrogens (tertiary/aromatic N) is 3. The SMILES string of the molecule is CC12CN(CC3=CC[C@@H]4C[C@H]3C4(C)C)CC(C)(CN(C(=O)[C@@H]3CCCN3C(=O)OCc3ccccc3)C1)C2. The molecule has 0 radical (unpaired) electrons. The van der Waals surface area contributed by atoms with E-state index in [-0.39, 0.29) is 29.4 Å². The molecule has 4 fully saturated rings. The molecule has 6 nitrogen and oxygen atoms in total. The minimum absolute atomic E-state index is 0.0745. The highest BCUT2D eigenvalue weighted by molar-refractivity contribution is 5.86. The molecule has 2 unspecified atom stereocenters. The summed E-state index contributed by atoms with van der Waals surface area (Å²) in [7, 11) is 0. The van der Waals surface area contributed by atoms with E-state index in [1.807, 2.05) is 30.3 Å². The van der Waals surface area contributed by atoms with Crippen LogP contribution in [0.15, 0.2) is 42.0 Å². The Bertz CT molecular complexity index is 1100. The van der Waals surface area contributed by atoms with Gasteiger partial charge in [0.15, 0.2) is 0 Å². The van der Waals surface area contributed by atoms with Crippen molar-refractivity contribution in [3.05, 3.63) is 47.5 Å². The van der Waals surface area contributed by atoms with Crippen LogP contribution in [-0.4, -0.2) is 72.0 Å². The number of carbonyl (C=O) groups is 2. The van der Waals surface area contributed by atoms with Crippen molar-refractivity contribution in [1.29, 1.82) is 0 Å². The number of piperidine rings is 2. The van der Waals surface area contributed by atoms with Gasteiger partial charge < -0.3 is 9.64 Å². The van der Waals surface area contributed by atoms with Crippen molar-refractivity contribution >= 4 is 12.0 Å². The first-order valence-corrected chi connectivity index (χ1v) is 14.7. The van der Waals surface area contributed by atoms with Crippen LogP contribution >= 0.6 is 0 Å². The summed E-state index contributed by atoms with van der Waals surface area (Å²) >= 11 is 0. The predicted molar refractivity (Wildman–Crippen MR) is 148 cm³/mol. The fourth-order valence-corrected chi connectivity index (χ4v) is 8.90. The highest BCUT2D eigenvalue weighted by Gasteiger charge is 2.54. The fourth-order valence-electron chi connectivity index (χ4n) is 8.90. The number of fused-ring (bicyclic) bond motifs is 3. The van der Waals surface area contributed by atoms with Crippen LogP contribution in [0.2, 0.25) is 0 Å². The Hall–Kier alpha value is -2.34. The molecule has 0 spiro atoms. The molecule has 206 valence electrons. The molecule has 0 aromatic heterocycles. The summed E-state index contributed by atoms with van der Waals surface area (Å²) < 4.78 is 5.61.